The van der Waals surface area contributed by atoms with Crippen LogP contribution < -0.4 is 0 Å². The topological polar surface area (TPSA) is 43.7 Å². The monoisotopic (exact) mass is 233 g/mol. The number of piperidine rings is 1. The first kappa shape index (κ1) is 11.1. The van der Waals surface area contributed by atoms with Crippen molar-refractivity contribution in [2.45, 2.75) is 50.4 Å². The molecule has 17 heavy (non-hydrogen) atoms. The highest BCUT2D eigenvalue weighted by atomic mass is 16.3. The van der Waals surface area contributed by atoms with Crippen LogP contribution in [-0.2, 0) is 6.54 Å². The Morgan fingerprint density at radius 3 is 2.41 bits per heavy atom. The molecule has 2 heterocycles. The number of phenols is 1. The highest BCUT2D eigenvalue weighted by Crippen LogP contribution is 2.37. The van der Waals surface area contributed by atoms with Crippen LogP contribution in [0.4, 0.5) is 0 Å². The Bertz CT molecular complexity index is 393. The Hall–Kier alpha value is -1.06. The number of aromatic hydroxyl groups is 1. The summed E-state index contributed by atoms with van der Waals surface area (Å²) in [7, 11) is 0. The lowest BCUT2D eigenvalue weighted by Gasteiger charge is -2.37. The summed E-state index contributed by atoms with van der Waals surface area (Å²) in [6.45, 7) is 0.814. The van der Waals surface area contributed by atoms with E-state index in [1.807, 2.05) is 18.2 Å². The second-order valence-corrected chi connectivity index (χ2v) is 5.31. The van der Waals surface area contributed by atoms with Gasteiger partial charge in [0.05, 0.1) is 6.10 Å². The van der Waals surface area contributed by atoms with Gasteiger partial charge in [-0.05, 0) is 31.7 Å². The van der Waals surface area contributed by atoms with Crippen molar-refractivity contribution in [3.05, 3.63) is 29.8 Å². The molecule has 2 bridgehead atoms. The summed E-state index contributed by atoms with van der Waals surface area (Å²) in [5, 5.41) is 19.6. The molecule has 2 fully saturated rings. The summed E-state index contributed by atoms with van der Waals surface area (Å²) in [5.41, 5.74) is 1.00. The zero-order valence-corrected chi connectivity index (χ0v) is 9.92. The quantitative estimate of drug-likeness (QED) is 0.819. The average Bonchev–Trinajstić information content (AvgIpc) is 2.56. The van der Waals surface area contributed by atoms with Gasteiger partial charge in [0.15, 0.2) is 0 Å². The SMILES string of the molecule is Oc1ccccc1CN1C2CCC1CC(O)C2. The van der Waals surface area contributed by atoms with Crippen molar-refractivity contribution in [1.29, 1.82) is 0 Å². The molecule has 2 saturated heterocycles. The molecule has 3 rings (SSSR count). The molecule has 2 aliphatic rings. The molecule has 0 amide bonds. The molecule has 0 aliphatic carbocycles. The van der Waals surface area contributed by atoms with Gasteiger partial charge in [-0.15, -0.1) is 0 Å². The maximum atomic E-state index is 9.81. The summed E-state index contributed by atoms with van der Waals surface area (Å²) < 4.78 is 0. The smallest absolute Gasteiger partial charge is 0.120 e. The van der Waals surface area contributed by atoms with Crippen LogP contribution in [0.15, 0.2) is 24.3 Å². The van der Waals surface area contributed by atoms with E-state index in [0.29, 0.717) is 17.8 Å². The van der Waals surface area contributed by atoms with Crippen molar-refractivity contribution < 1.29 is 10.2 Å². The fraction of sp³-hybridized carbons (Fsp3) is 0.571. The second-order valence-electron chi connectivity index (χ2n) is 5.31. The number of nitrogens with zero attached hydrogens (tertiary/aromatic N) is 1. The van der Waals surface area contributed by atoms with Crippen LogP contribution in [0, 0.1) is 0 Å². The van der Waals surface area contributed by atoms with Crippen molar-refractivity contribution in [1.82, 2.24) is 4.90 Å². The van der Waals surface area contributed by atoms with E-state index in [1.165, 1.54) is 12.8 Å². The lowest BCUT2D eigenvalue weighted by molar-refractivity contribution is 0.0307. The van der Waals surface area contributed by atoms with Gasteiger partial charge in [0.1, 0.15) is 5.75 Å². The lowest BCUT2D eigenvalue weighted by atomic mass is 9.99. The molecule has 3 heteroatoms. The van der Waals surface area contributed by atoms with E-state index in [9.17, 15) is 10.2 Å². The Balaban J connectivity index is 1.76. The molecule has 0 spiro atoms. The fourth-order valence-electron chi connectivity index (χ4n) is 3.34. The van der Waals surface area contributed by atoms with Crippen LogP contribution in [0.3, 0.4) is 0 Å². The van der Waals surface area contributed by atoms with E-state index in [0.717, 1.165) is 24.9 Å². The molecule has 2 atom stereocenters. The molecular weight excluding hydrogens is 214 g/mol. The molecule has 2 unspecified atom stereocenters. The van der Waals surface area contributed by atoms with E-state index >= 15 is 0 Å². The minimum atomic E-state index is -0.117. The third kappa shape index (κ3) is 2.05. The molecule has 0 aromatic heterocycles. The molecule has 1 aromatic rings. The predicted octanol–water partition coefficient (Wildman–Crippen LogP) is 1.88. The number of hydrogen-bond donors (Lipinski definition) is 2. The molecule has 1 aromatic carbocycles. The molecule has 2 aliphatic heterocycles. The van der Waals surface area contributed by atoms with E-state index in [4.69, 9.17) is 0 Å². The van der Waals surface area contributed by atoms with Crippen molar-refractivity contribution in [3.63, 3.8) is 0 Å². The number of phenolic OH excluding ortho intramolecular Hbond substituents is 1. The van der Waals surface area contributed by atoms with Gasteiger partial charge in [0, 0.05) is 24.2 Å². The number of fused-ring (bicyclic) bond motifs is 2. The Kier molecular flexibility index (Phi) is 2.81. The van der Waals surface area contributed by atoms with Gasteiger partial charge in [-0.3, -0.25) is 4.90 Å². The van der Waals surface area contributed by atoms with E-state index < -0.39 is 0 Å². The summed E-state index contributed by atoms with van der Waals surface area (Å²) >= 11 is 0. The fourth-order valence-corrected chi connectivity index (χ4v) is 3.34. The van der Waals surface area contributed by atoms with Gasteiger partial charge in [-0.25, -0.2) is 0 Å². The predicted molar refractivity (Wildman–Crippen MR) is 65.7 cm³/mol. The summed E-state index contributed by atoms with van der Waals surface area (Å²) in [5.74, 6) is 0.387. The van der Waals surface area contributed by atoms with Crippen LogP contribution in [0.1, 0.15) is 31.2 Å². The number of aliphatic hydroxyl groups is 1. The largest absolute Gasteiger partial charge is 0.508 e. The minimum absolute atomic E-state index is 0.117. The standard InChI is InChI=1S/C14H19NO2/c16-13-7-11-5-6-12(8-13)15(11)9-10-3-1-2-4-14(10)17/h1-4,11-13,16-17H,5-9H2. The highest BCUT2D eigenvalue weighted by molar-refractivity contribution is 5.31. The summed E-state index contributed by atoms with van der Waals surface area (Å²) in [6, 6.07) is 8.56. The molecule has 0 saturated carbocycles. The molecule has 0 radical (unpaired) electrons. The third-order valence-corrected chi connectivity index (χ3v) is 4.20. The van der Waals surface area contributed by atoms with Crippen LogP contribution in [-0.4, -0.2) is 33.3 Å². The first-order valence-electron chi connectivity index (χ1n) is 6.44. The number of para-hydroxylation sites is 1. The van der Waals surface area contributed by atoms with Gasteiger partial charge < -0.3 is 10.2 Å². The lowest BCUT2D eigenvalue weighted by Crippen LogP contribution is -2.44. The number of aliphatic hydroxyl groups excluding tert-OH is 1. The average molecular weight is 233 g/mol. The van der Waals surface area contributed by atoms with Crippen LogP contribution in [0.25, 0.3) is 0 Å². The minimum Gasteiger partial charge on any atom is -0.508 e. The molecule has 92 valence electrons. The van der Waals surface area contributed by atoms with Crippen LogP contribution >= 0.6 is 0 Å². The second kappa shape index (κ2) is 4.31. The Morgan fingerprint density at radius 2 is 1.76 bits per heavy atom. The number of hydrogen-bond acceptors (Lipinski definition) is 3. The van der Waals surface area contributed by atoms with Crippen molar-refractivity contribution in [3.8, 4) is 5.75 Å². The summed E-state index contributed by atoms with van der Waals surface area (Å²) in [4.78, 5) is 2.46. The zero-order valence-electron chi connectivity index (χ0n) is 9.92. The normalized spacial score (nSPS) is 32.9. The maximum Gasteiger partial charge on any atom is 0.120 e. The third-order valence-electron chi connectivity index (χ3n) is 4.20. The molecular formula is C14H19NO2. The van der Waals surface area contributed by atoms with E-state index in [1.54, 1.807) is 6.07 Å². The van der Waals surface area contributed by atoms with Crippen LogP contribution in [0.5, 0.6) is 5.75 Å². The number of rotatable bonds is 2. The van der Waals surface area contributed by atoms with Crippen molar-refractivity contribution in [2.75, 3.05) is 0 Å². The van der Waals surface area contributed by atoms with Crippen molar-refractivity contribution in [2.24, 2.45) is 0 Å². The van der Waals surface area contributed by atoms with E-state index in [-0.39, 0.29) is 6.10 Å². The van der Waals surface area contributed by atoms with Gasteiger partial charge >= 0.3 is 0 Å². The van der Waals surface area contributed by atoms with Crippen LogP contribution in [0.2, 0.25) is 0 Å². The molecule has 2 N–H and O–H groups in total. The zero-order chi connectivity index (χ0) is 11.8. The van der Waals surface area contributed by atoms with Gasteiger partial charge in [-0.2, -0.15) is 0 Å². The Morgan fingerprint density at radius 1 is 1.12 bits per heavy atom. The van der Waals surface area contributed by atoms with E-state index in [2.05, 4.69) is 4.90 Å². The maximum absolute atomic E-state index is 9.81. The first-order valence-corrected chi connectivity index (χ1v) is 6.44. The Labute approximate surface area is 102 Å². The highest BCUT2D eigenvalue weighted by Gasteiger charge is 2.39. The molecule has 3 nitrogen and oxygen atoms in total. The van der Waals surface area contributed by atoms with Crippen molar-refractivity contribution >= 4 is 0 Å². The van der Waals surface area contributed by atoms with Gasteiger partial charge in [-0.1, -0.05) is 18.2 Å². The number of benzene rings is 1. The van der Waals surface area contributed by atoms with Gasteiger partial charge in [0.2, 0.25) is 0 Å². The summed E-state index contributed by atoms with van der Waals surface area (Å²) in [6.07, 6.45) is 4.05. The van der Waals surface area contributed by atoms with Gasteiger partial charge in [0.25, 0.3) is 0 Å². The first-order chi connectivity index (χ1) is 8.24.